The molecule has 2 heterocycles. The summed E-state index contributed by atoms with van der Waals surface area (Å²) in [5.74, 6) is 0.698. The number of aromatic nitrogens is 2. The highest BCUT2D eigenvalue weighted by atomic mass is 16.5. The summed E-state index contributed by atoms with van der Waals surface area (Å²) >= 11 is 0. The van der Waals surface area contributed by atoms with Gasteiger partial charge in [0, 0.05) is 29.2 Å². The second-order valence-corrected chi connectivity index (χ2v) is 7.36. The van der Waals surface area contributed by atoms with Crippen molar-refractivity contribution in [3.8, 4) is 0 Å². The highest BCUT2D eigenvalue weighted by Crippen LogP contribution is 2.27. The molecule has 1 N–H and O–H groups in total. The summed E-state index contributed by atoms with van der Waals surface area (Å²) in [6.07, 6.45) is 9.86. The Morgan fingerprint density at radius 3 is 2.73 bits per heavy atom. The highest BCUT2D eigenvalue weighted by molar-refractivity contribution is 5.93. The molecule has 0 unspecified atom stereocenters. The molecular formula is C24H31N3O3. The van der Waals surface area contributed by atoms with E-state index in [0.29, 0.717) is 19.8 Å². The molecule has 6 heteroatoms. The van der Waals surface area contributed by atoms with Crippen molar-refractivity contribution in [2.45, 2.75) is 40.5 Å². The van der Waals surface area contributed by atoms with Gasteiger partial charge >= 0.3 is 0 Å². The predicted molar refractivity (Wildman–Crippen MR) is 120 cm³/mol. The van der Waals surface area contributed by atoms with Crippen LogP contribution in [0.4, 0.5) is 5.69 Å². The quantitative estimate of drug-likeness (QED) is 0.483. The molecule has 30 heavy (non-hydrogen) atoms. The number of ether oxygens (including phenoxy) is 2. The van der Waals surface area contributed by atoms with Crippen LogP contribution in [-0.4, -0.2) is 35.3 Å². The van der Waals surface area contributed by atoms with Crippen molar-refractivity contribution in [1.82, 2.24) is 9.55 Å². The van der Waals surface area contributed by atoms with Gasteiger partial charge in [-0.15, -0.1) is 0 Å². The van der Waals surface area contributed by atoms with Crippen molar-refractivity contribution >= 4 is 23.1 Å². The van der Waals surface area contributed by atoms with Crippen LogP contribution in [0.3, 0.4) is 0 Å². The highest BCUT2D eigenvalue weighted by Gasteiger charge is 2.26. The molecule has 6 nitrogen and oxygen atoms in total. The van der Waals surface area contributed by atoms with Crippen molar-refractivity contribution in [2.24, 2.45) is 5.92 Å². The summed E-state index contributed by atoms with van der Waals surface area (Å²) in [7, 11) is 0. The number of nitrogens with one attached hydrogen (secondary N) is 1. The number of nitrogens with zero attached hydrogens (tertiary/aromatic N) is 2. The van der Waals surface area contributed by atoms with Gasteiger partial charge in [-0.25, -0.2) is 4.98 Å². The van der Waals surface area contributed by atoms with Crippen molar-refractivity contribution in [3.63, 3.8) is 0 Å². The average molecular weight is 410 g/mol. The molecule has 1 aromatic carbocycles. The van der Waals surface area contributed by atoms with Crippen molar-refractivity contribution in [3.05, 3.63) is 59.7 Å². The lowest BCUT2D eigenvalue weighted by atomic mass is 10.0. The van der Waals surface area contributed by atoms with Crippen LogP contribution >= 0.6 is 0 Å². The fourth-order valence-corrected chi connectivity index (χ4v) is 3.22. The molecule has 0 saturated carbocycles. The van der Waals surface area contributed by atoms with Crippen LogP contribution in [0.2, 0.25) is 0 Å². The SMILES string of the molecule is CC/C=C(/C=C(/OCC)c1cc(NC(=O)C2COC2)ccc1C)n1cnc(CC)c1. The van der Waals surface area contributed by atoms with Gasteiger partial charge in [-0.1, -0.05) is 26.0 Å². The van der Waals surface area contributed by atoms with E-state index in [-0.39, 0.29) is 11.8 Å². The minimum atomic E-state index is -0.0650. The van der Waals surface area contributed by atoms with Gasteiger partial charge in [-0.3, -0.25) is 4.79 Å². The third-order valence-electron chi connectivity index (χ3n) is 5.07. The number of carbonyl (C=O) groups excluding carboxylic acids is 1. The number of carbonyl (C=O) groups is 1. The Balaban J connectivity index is 1.94. The maximum absolute atomic E-state index is 12.3. The first-order chi connectivity index (χ1) is 14.5. The molecule has 1 fully saturated rings. The number of hydrogen-bond donors (Lipinski definition) is 1. The van der Waals surface area contributed by atoms with Crippen molar-refractivity contribution < 1.29 is 14.3 Å². The van der Waals surface area contributed by atoms with Gasteiger partial charge in [0.2, 0.25) is 5.91 Å². The molecule has 1 aliphatic rings. The summed E-state index contributed by atoms with van der Waals surface area (Å²) < 4.78 is 13.2. The monoisotopic (exact) mass is 409 g/mol. The standard InChI is InChI=1S/C24H31N3O3/c1-5-8-21(27-13-19(6-2)25-16-27)12-23(30-7-3)22-11-20(10-9-17(22)4)26-24(28)18-14-29-15-18/h8-13,16,18H,5-7,14-15H2,1-4H3,(H,26,28)/b21-8-,23-12+. The summed E-state index contributed by atoms with van der Waals surface area (Å²) in [5.41, 5.74) is 4.85. The topological polar surface area (TPSA) is 65.4 Å². The van der Waals surface area contributed by atoms with Crippen LogP contribution in [0.1, 0.15) is 44.0 Å². The Kier molecular flexibility index (Phi) is 7.46. The summed E-state index contributed by atoms with van der Waals surface area (Å²) in [6.45, 7) is 9.75. The maximum Gasteiger partial charge on any atom is 0.232 e. The molecular weight excluding hydrogens is 378 g/mol. The minimum Gasteiger partial charge on any atom is -0.493 e. The smallest absolute Gasteiger partial charge is 0.232 e. The first kappa shape index (κ1) is 21.8. The molecule has 0 atom stereocenters. The number of anilines is 1. The summed E-state index contributed by atoms with van der Waals surface area (Å²) in [6, 6.07) is 5.90. The molecule has 0 bridgehead atoms. The number of aryl methyl sites for hydroxylation is 2. The lowest BCUT2D eigenvalue weighted by molar-refractivity contribution is -0.133. The van der Waals surface area contributed by atoms with Crippen LogP contribution < -0.4 is 5.32 Å². The molecule has 1 amide bonds. The number of imidazole rings is 1. The number of allylic oxidation sites excluding steroid dienone is 3. The van der Waals surface area contributed by atoms with E-state index in [1.807, 2.05) is 55.2 Å². The van der Waals surface area contributed by atoms with Gasteiger partial charge in [-0.2, -0.15) is 0 Å². The molecule has 1 saturated heterocycles. The molecule has 0 spiro atoms. The van der Waals surface area contributed by atoms with Gasteiger partial charge in [0.1, 0.15) is 5.76 Å². The van der Waals surface area contributed by atoms with E-state index in [1.165, 1.54) is 0 Å². The van der Waals surface area contributed by atoms with Gasteiger partial charge in [-0.05, 0) is 44.4 Å². The fourth-order valence-electron chi connectivity index (χ4n) is 3.22. The maximum atomic E-state index is 12.3. The Bertz CT molecular complexity index is 939. The zero-order chi connectivity index (χ0) is 21.5. The molecule has 3 rings (SSSR count). The Hall–Kier alpha value is -2.86. The van der Waals surface area contributed by atoms with E-state index < -0.39 is 0 Å². The average Bonchev–Trinajstić information content (AvgIpc) is 3.16. The van der Waals surface area contributed by atoms with Crippen LogP contribution in [0.15, 0.2) is 42.9 Å². The molecule has 0 aliphatic carbocycles. The van der Waals surface area contributed by atoms with E-state index >= 15 is 0 Å². The first-order valence-electron chi connectivity index (χ1n) is 10.6. The van der Waals surface area contributed by atoms with E-state index in [9.17, 15) is 4.79 Å². The fraction of sp³-hybridized carbons (Fsp3) is 0.417. The normalized spacial score (nSPS) is 15.1. The third kappa shape index (κ3) is 5.19. The van der Waals surface area contributed by atoms with Crippen LogP contribution in [0, 0.1) is 12.8 Å². The zero-order valence-corrected chi connectivity index (χ0v) is 18.3. The number of benzene rings is 1. The second-order valence-electron chi connectivity index (χ2n) is 7.36. The molecule has 1 aliphatic heterocycles. The predicted octanol–water partition coefficient (Wildman–Crippen LogP) is 4.67. The number of hydrogen-bond acceptors (Lipinski definition) is 4. The Morgan fingerprint density at radius 2 is 2.13 bits per heavy atom. The van der Waals surface area contributed by atoms with Crippen LogP contribution in [0.5, 0.6) is 0 Å². The minimum absolute atomic E-state index is 0.00456. The second kappa shape index (κ2) is 10.3. The third-order valence-corrected chi connectivity index (χ3v) is 5.07. The Labute approximate surface area is 178 Å². The van der Waals surface area contributed by atoms with Crippen LogP contribution in [0.25, 0.3) is 11.5 Å². The summed E-state index contributed by atoms with van der Waals surface area (Å²) in [5, 5.41) is 3.00. The number of amides is 1. The lowest BCUT2D eigenvalue weighted by Gasteiger charge is -2.25. The van der Waals surface area contributed by atoms with E-state index in [2.05, 4.69) is 30.2 Å². The van der Waals surface area contributed by atoms with Gasteiger partial charge in [0.25, 0.3) is 0 Å². The molecule has 0 radical (unpaired) electrons. The lowest BCUT2D eigenvalue weighted by Crippen LogP contribution is -2.38. The van der Waals surface area contributed by atoms with Gasteiger partial charge in [0.05, 0.1) is 37.8 Å². The summed E-state index contributed by atoms with van der Waals surface area (Å²) in [4.78, 5) is 16.8. The molecule has 1 aromatic heterocycles. The van der Waals surface area contributed by atoms with Crippen molar-refractivity contribution in [2.75, 3.05) is 25.1 Å². The molecule has 160 valence electrons. The first-order valence-corrected chi connectivity index (χ1v) is 10.6. The van der Waals surface area contributed by atoms with Gasteiger partial charge < -0.3 is 19.4 Å². The number of rotatable bonds is 9. The van der Waals surface area contributed by atoms with E-state index in [0.717, 1.165) is 46.8 Å². The van der Waals surface area contributed by atoms with Gasteiger partial charge in [0.15, 0.2) is 0 Å². The van der Waals surface area contributed by atoms with E-state index in [1.54, 1.807) is 0 Å². The zero-order valence-electron chi connectivity index (χ0n) is 18.3. The Morgan fingerprint density at radius 1 is 1.33 bits per heavy atom. The largest absolute Gasteiger partial charge is 0.493 e. The van der Waals surface area contributed by atoms with Crippen molar-refractivity contribution in [1.29, 1.82) is 0 Å². The van der Waals surface area contributed by atoms with Crippen LogP contribution in [-0.2, 0) is 20.7 Å². The van der Waals surface area contributed by atoms with E-state index in [4.69, 9.17) is 9.47 Å². The molecule has 2 aromatic rings.